The molecule has 4 heterocycles. The molecule has 7 nitrogen and oxygen atoms in total. The van der Waals surface area contributed by atoms with Gasteiger partial charge < -0.3 is 0 Å². The second-order valence-electron chi connectivity index (χ2n) is 5.18. The van der Waals surface area contributed by atoms with Gasteiger partial charge in [0.1, 0.15) is 17.1 Å². The zero-order valence-electron chi connectivity index (χ0n) is 13.2. The quantitative estimate of drug-likeness (QED) is 0.581. The molecule has 0 saturated carbocycles. The number of amides is 1. The maximum absolute atomic E-state index is 12.6. The van der Waals surface area contributed by atoms with Gasteiger partial charge in [0.2, 0.25) is 0 Å². The Morgan fingerprint density at radius 1 is 1.15 bits per heavy atom. The highest BCUT2D eigenvalue weighted by Crippen LogP contribution is 2.28. The van der Waals surface area contributed by atoms with Gasteiger partial charge in [0.25, 0.3) is 5.91 Å². The molecule has 1 amide bonds. The van der Waals surface area contributed by atoms with Crippen LogP contribution in [0.3, 0.4) is 0 Å². The van der Waals surface area contributed by atoms with Crippen molar-refractivity contribution in [2.24, 2.45) is 0 Å². The molecular formula is C17H11ClN6OS. The van der Waals surface area contributed by atoms with Gasteiger partial charge in [0, 0.05) is 24.0 Å². The number of halogens is 1. The SMILES string of the molecule is O=C(Nc1nc(-c2ncccc2Cl)cs1)c1cncn1-c1ccncc1. The van der Waals surface area contributed by atoms with Gasteiger partial charge >= 0.3 is 0 Å². The van der Waals surface area contributed by atoms with Gasteiger partial charge in [0.15, 0.2) is 5.13 Å². The van der Waals surface area contributed by atoms with Crippen LogP contribution in [0.25, 0.3) is 17.1 Å². The topological polar surface area (TPSA) is 85.6 Å². The highest BCUT2D eigenvalue weighted by molar-refractivity contribution is 7.14. The number of nitrogens with one attached hydrogen (secondary N) is 1. The Morgan fingerprint density at radius 2 is 2.00 bits per heavy atom. The zero-order chi connectivity index (χ0) is 17.9. The molecule has 0 aliphatic rings. The third-order valence-corrected chi connectivity index (χ3v) is 4.60. The number of anilines is 1. The number of thiazole rings is 1. The normalized spacial score (nSPS) is 10.7. The second-order valence-corrected chi connectivity index (χ2v) is 6.45. The van der Waals surface area contributed by atoms with Crippen LogP contribution in [0.2, 0.25) is 5.02 Å². The zero-order valence-corrected chi connectivity index (χ0v) is 14.8. The monoisotopic (exact) mass is 382 g/mol. The van der Waals surface area contributed by atoms with E-state index >= 15 is 0 Å². The van der Waals surface area contributed by atoms with E-state index in [-0.39, 0.29) is 5.91 Å². The number of imidazole rings is 1. The molecule has 0 spiro atoms. The van der Waals surface area contributed by atoms with E-state index in [1.807, 2.05) is 0 Å². The van der Waals surface area contributed by atoms with Crippen molar-refractivity contribution in [3.8, 4) is 17.1 Å². The van der Waals surface area contributed by atoms with E-state index in [9.17, 15) is 4.79 Å². The molecule has 26 heavy (non-hydrogen) atoms. The van der Waals surface area contributed by atoms with Gasteiger partial charge in [-0.2, -0.15) is 0 Å². The van der Waals surface area contributed by atoms with Crippen LogP contribution < -0.4 is 5.32 Å². The Hall–Kier alpha value is -3.10. The van der Waals surface area contributed by atoms with Crippen molar-refractivity contribution in [1.82, 2.24) is 24.5 Å². The van der Waals surface area contributed by atoms with Crippen LogP contribution in [-0.4, -0.2) is 30.4 Å². The first-order valence-electron chi connectivity index (χ1n) is 7.53. The predicted molar refractivity (Wildman–Crippen MR) is 99.7 cm³/mol. The summed E-state index contributed by atoms with van der Waals surface area (Å²) in [6, 6.07) is 7.09. The minimum absolute atomic E-state index is 0.313. The van der Waals surface area contributed by atoms with E-state index < -0.39 is 0 Å². The maximum Gasteiger partial charge on any atom is 0.276 e. The summed E-state index contributed by atoms with van der Waals surface area (Å²) in [6.45, 7) is 0. The number of hydrogen-bond donors (Lipinski definition) is 1. The van der Waals surface area contributed by atoms with Crippen molar-refractivity contribution in [2.75, 3.05) is 5.32 Å². The Labute approximate surface area is 157 Å². The fraction of sp³-hybridized carbons (Fsp3) is 0. The van der Waals surface area contributed by atoms with Crippen LogP contribution >= 0.6 is 22.9 Å². The number of rotatable bonds is 4. The molecule has 4 rings (SSSR count). The van der Waals surface area contributed by atoms with Gasteiger partial charge in [-0.05, 0) is 24.3 Å². The molecule has 0 atom stereocenters. The summed E-state index contributed by atoms with van der Waals surface area (Å²) >= 11 is 7.44. The molecule has 4 aromatic heterocycles. The second kappa shape index (κ2) is 7.03. The van der Waals surface area contributed by atoms with Crippen molar-refractivity contribution in [3.05, 3.63) is 71.5 Å². The Kier molecular flexibility index (Phi) is 4.42. The lowest BCUT2D eigenvalue weighted by Crippen LogP contribution is -2.16. The number of carbonyl (C=O) groups excluding carboxylic acids is 1. The summed E-state index contributed by atoms with van der Waals surface area (Å²) < 4.78 is 1.68. The molecule has 0 radical (unpaired) electrons. The molecule has 128 valence electrons. The van der Waals surface area contributed by atoms with Crippen molar-refractivity contribution in [2.45, 2.75) is 0 Å². The summed E-state index contributed by atoms with van der Waals surface area (Å²) in [5.74, 6) is -0.313. The van der Waals surface area contributed by atoms with Gasteiger partial charge in [0.05, 0.1) is 23.2 Å². The van der Waals surface area contributed by atoms with Gasteiger partial charge in [-0.25, -0.2) is 9.97 Å². The minimum Gasteiger partial charge on any atom is -0.296 e. The molecule has 0 fully saturated rings. The predicted octanol–water partition coefficient (Wildman–Crippen LogP) is 3.69. The van der Waals surface area contributed by atoms with Crippen LogP contribution in [0.15, 0.2) is 60.8 Å². The standard InChI is InChI=1S/C17H11ClN6OS/c18-12-2-1-5-21-15(12)13-9-26-17(22-13)23-16(25)14-8-20-10-24(14)11-3-6-19-7-4-11/h1-10H,(H,22,23,25). The average Bonchev–Trinajstić information content (AvgIpc) is 3.32. The lowest BCUT2D eigenvalue weighted by molar-refractivity contribution is 0.102. The third kappa shape index (κ3) is 3.19. The van der Waals surface area contributed by atoms with Crippen molar-refractivity contribution in [1.29, 1.82) is 0 Å². The summed E-state index contributed by atoms with van der Waals surface area (Å²) in [6.07, 6.45) is 8.03. The number of pyridine rings is 2. The molecule has 0 bridgehead atoms. The van der Waals surface area contributed by atoms with E-state index in [0.29, 0.717) is 27.2 Å². The average molecular weight is 383 g/mol. The highest BCUT2D eigenvalue weighted by Gasteiger charge is 2.16. The Morgan fingerprint density at radius 3 is 2.81 bits per heavy atom. The molecular weight excluding hydrogens is 372 g/mol. The molecule has 0 unspecified atom stereocenters. The van der Waals surface area contributed by atoms with Crippen molar-refractivity contribution in [3.63, 3.8) is 0 Å². The van der Waals surface area contributed by atoms with E-state index in [4.69, 9.17) is 11.6 Å². The van der Waals surface area contributed by atoms with Gasteiger partial charge in [-0.1, -0.05) is 11.6 Å². The number of hydrogen-bond acceptors (Lipinski definition) is 6. The molecule has 0 saturated heterocycles. The van der Waals surface area contributed by atoms with E-state index in [1.54, 1.807) is 59.1 Å². The van der Waals surface area contributed by atoms with E-state index in [2.05, 4.69) is 25.3 Å². The summed E-state index contributed by atoms with van der Waals surface area (Å²) in [5, 5.41) is 5.54. The molecule has 0 aliphatic carbocycles. The first-order chi connectivity index (χ1) is 12.7. The number of aromatic nitrogens is 5. The van der Waals surface area contributed by atoms with Crippen LogP contribution in [-0.2, 0) is 0 Å². The Bertz CT molecular complexity index is 1060. The number of carbonyl (C=O) groups is 1. The smallest absolute Gasteiger partial charge is 0.276 e. The maximum atomic E-state index is 12.6. The lowest BCUT2D eigenvalue weighted by Gasteiger charge is -2.07. The first kappa shape index (κ1) is 16.4. The molecule has 1 N–H and O–H groups in total. The van der Waals surface area contributed by atoms with Gasteiger partial charge in [-0.3, -0.25) is 24.6 Å². The Balaban J connectivity index is 1.57. The summed E-state index contributed by atoms with van der Waals surface area (Å²) in [7, 11) is 0. The van der Waals surface area contributed by atoms with Gasteiger partial charge in [-0.15, -0.1) is 11.3 Å². The van der Waals surface area contributed by atoms with E-state index in [1.165, 1.54) is 17.5 Å². The fourth-order valence-electron chi connectivity index (χ4n) is 2.35. The van der Waals surface area contributed by atoms with Crippen LogP contribution in [0.1, 0.15) is 10.5 Å². The lowest BCUT2D eigenvalue weighted by atomic mass is 10.3. The molecule has 0 aliphatic heterocycles. The fourth-order valence-corrected chi connectivity index (χ4v) is 3.26. The van der Waals surface area contributed by atoms with Crippen LogP contribution in [0, 0.1) is 0 Å². The third-order valence-electron chi connectivity index (χ3n) is 3.54. The van der Waals surface area contributed by atoms with Crippen LogP contribution in [0.4, 0.5) is 5.13 Å². The van der Waals surface area contributed by atoms with Crippen molar-refractivity contribution < 1.29 is 4.79 Å². The summed E-state index contributed by atoms with van der Waals surface area (Å²) in [4.78, 5) is 29.3. The minimum atomic E-state index is -0.313. The van der Waals surface area contributed by atoms with Crippen LogP contribution in [0.5, 0.6) is 0 Å². The first-order valence-corrected chi connectivity index (χ1v) is 8.78. The van der Waals surface area contributed by atoms with Crippen molar-refractivity contribution >= 4 is 34.0 Å². The molecule has 4 aromatic rings. The largest absolute Gasteiger partial charge is 0.296 e. The highest BCUT2D eigenvalue weighted by atomic mass is 35.5. The summed E-state index contributed by atoms with van der Waals surface area (Å²) in [5.41, 5.74) is 2.37. The number of nitrogens with zero attached hydrogens (tertiary/aromatic N) is 5. The molecule has 9 heteroatoms. The van der Waals surface area contributed by atoms with E-state index in [0.717, 1.165) is 5.69 Å². The molecule has 0 aromatic carbocycles.